The van der Waals surface area contributed by atoms with Crippen LogP contribution in [0.2, 0.25) is 0 Å². The van der Waals surface area contributed by atoms with Gasteiger partial charge in [-0.05, 0) is 42.3 Å². The van der Waals surface area contributed by atoms with Crippen molar-refractivity contribution in [3.8, 4) is 0 Å². The van der Waals surface area contributed by atoms with E-state index in [2.05, 4.69) is 5.32 Å². The third kappa shape index (κ3) is 4.33. The van der Waals surface area contributed by atoms with Crippen molar-refractivity contribution in [2.75, 3.05) is 32.6 Å². The van der Waals surface area contributed by atoms with Crippen LogP contribution in [-0.2, 0) is 4.74 Å². The summed E-state index contributed by atoms with van der Waals surface area (Å²) in [7, 11) is 5.61. The number of benzene rings is 2. The van der Waals surface area contributed by atoms with Gasteiger partial charge >= 0.3 is 0 Å². The Bertz CT molecular complexity index is 651. The van der Waals surface area contributed by atoms with E-state index < -0.39 is 0 Å². The van der Waals surface area contributed by atoms with Gasteiger partial charge in [0.2, 0.25) is 0 Å². The molecule has 0 aliphatic carbocycles. The quantitative estimate of drug-likeness (QED) is 0.891. The van der Waals surface area contributed by atoms with Crippen LogP contribution in [0.4, 0.5) is 5.69 Å². The second-order valence-corrected chi connectivity index (χ2v) is 5.73. The van der Waals surface area contributed by atoms with Crippen molar-refractivity contribution >= 4 is 11.6 Å². The Balaban J connectivity index is 2.01. The number of aryl methyl sites for hydroxylation is 1. The predicted molar refractivity (Wildman–Crippen MR) is 94.0 cm³/mol. The first-order chi connectivity index (χ1) is 11.0. The van der Waals surface area contributed by atoms with E-state index in [0.29, 0.717) is 12.1 Å². The lowest BCUT2D eigenvalue weighted by Gasteiger charge is -2.19. The highest BCUT2D eigenvalue weighted by atomic mass is 16.5. The van der Waals surface area contributed by atoms with Crippen LogP contribution in [0.3, 0.4) is 0 Å². The van der Waals surface area contributed by atoms with Gasteiger partial charge in [-0.2, -0.15) is 0 Å². The molecule has 0 fully saturated rings. The Morgan fingerprint density at radius 2 is 1.78 bits per heavy atom. The Labute approximate surface area is 138 Å². The van der Waals surface area contributed by atoms with Gasteiger partial charge in [-0.1, -0.05) is 24.3 Å². The maximum absolute atomic E-state index is 12.3. The molecule has 0 saturated heterocycles. The monoisotopic (exact) mass is 312 g/mol. The highest BCUT2D eigenvalue weighted by molar-refractivity contribution is 5.94. The van der Waals surface area contributed by atoms with Crippen molar-refractivity contribution in [3.05, 3.63) is 65.2 Å². The first-order valence-corrected chi connectivity index (χ1v) is 7.67. The van der Waals surface area contributed by atoms with E-state index in [1.54, 1.807) is 7.11 Å². The molecule has 2 aromatic rings. The molecule has 4 nitrogen and oxygen atoms in total. The van der Waals surface area contributed by atoms with Crippen molar-refractivity contribution < 1.29 is 9.53 Å². The summed E-state index contributed by atoms with van der Waals surface area (Å²) in [6.07, 6.45) is -0.152. The molecule has 2 aromatic carbocycles. The number of anilines is 1. The van der Waals surface area contributed by atoms with Gasteiger partial charge in [0.1, 0.15) is 0 Å². The maximum Gasteiger partial charge on any atom is 0.251 e. The number of ether oxygens (including phenoxy) is 1. The Hall–Kier alpha value is -2.33. The number of rotatable bonds is 6. The molecule has 0 saturated carbocycles. The molecule has 0 heterocycles. The first kappa shape index (κ1) is 17.0. The lowest BCUT2D eigenvalue weighted by Crippen LogP contribution is -2.29. The smallest absolute Gasteiger partial charge is 0.251 e. The summed E-state index contributed by atoms with van der Waals surface area (Å²) in [6, 6.07) is 15.6. The van der Waals surface area contributed by atoms with Gasteiger partial charge in [0.05, 0.1) is 6.10 Å². The van der Waals surface area contributed by atoms with Gasteiger partial charge in [0.15, 0.2) is 0 Å². The molecule has 23 heavy (non-hydrogen) atoms. The zero-order valence-corrected chi connectivity index (χ0v) is 14.2. The van der Waals surface area contributed by atoms with Crippen molar-refractivity contribution in [1.82, 2.24) is 5.32 Å². The molecule has 122 valence electrons. The first-order valence-electron chi connectivity index (χ1n) is 7.67. The summed E-state index contributed by atoms with van der Waals surface area (Å²) < 4.78 is 5.53. The number of amides is 1. The van der Waals surface area contributed by atoms with Gasteiger partial charge in [0, 0.05) is 39.0 Å². The van der Waals surface area contributed by atoms with Gasteiger partial charge in [0.25, 0.3) is 5.91 Å². The average Bonchev–Trinajstić information content (AvgIpc) is 2.56. The van der Waals surface area contributed by atoms with E-state index in [0.717, 1.165) is 16.8 Å². The SMILES string of the molecule is CO[C@H](CNC(=O)c1ccc(N(C)C)cc1)c1ccccc1C. The van der Waals surface area contributed by atoms with Crippen LogP contribution in [0.25, 0.3) is 0 Å². The lowest BCUT2D eigenvalue weighted by molar-refractivity contribution is 0.0826. The van der Waals surface area contributed by atoms with Crippen LogP contribution < -0.4 is 10.2 Å². The Morgan fingerprint density at radius 3 is 2.35 bits per heavy atom. The fourth-order valence-corrected chi connectivity index (χ4v) is 2.47. The fraction of sp³-hybridized carbons (Fsp3) is 0.316. The molecule has 0 unspecified atom stereocenters. The minimum absolute atomic E-state index is 0.0917. The molecule has 0 radical (unpaired) electrons. The summed E-state index contributed by atoms with van der Waals surface area (Å²) in [5.74, 6) is -0.0917. The number of methoxy groups -OCH3 is 1. The summed E-state index contributed by atoms with van der Waals surface area (Å²) >= 11 is 0. The van der Waals surface area contributed by atoms with E-state index in [4.69, 9.17) is 4.74 Å². The standard InChI is InChI=1S/C19H24N2O2/c1-14-7-5-6-8-17(14)18(23-4)13-20-19(22)15-9-11-16(12-10-15)21(2)3/h5-12,18H,13H2,1-4H3,(H,20,22)/t18-/m1/s1. The van der Waals surface area contributed by atoms with Crippen LogP contribution in [-0.4, -0.2) is 33.7 Å². The zero-order valence-electron chi connectivity index (χ0n) is 14.2. The van der Waals surface area contributed by atoms with Crippen LogP contribution in [0, 0.1) is 6.92 Å². The number of nitrogens with zero attached hydrogens (tertiary/aromatic N) is 1. The van der Waals surface area contributed by atoms with Gasteiger partial charge < -0.3 is 15.0 Å². The van der Waals surface area contributed by atoms with Crippen LogP contribution in [0.5, 0.6) is 0 Å². The molecular weight excluding hydrogens is 288 g/mol. The molecule has 0 bridgehead atoms. The Kier molecular flexibility index (Phi) is 5.77. The second kappa shape index (κ2) is 7.79. The number of hydrogen-bond donors (Lipinski definition) is 1. The molecule has 0 aliphatic rings. The lowest BCUT2D eigenvalue weighted by atomic mass is 10.0. The number of carbonyl (C=O) groups excluding carboxylic acids is 1. The highest BCUT2D eigenvalue weighted by Crippen LogP contribution is 2.20. The van der Waals surface area contributed by atoms with E-state index in [1.165, 1.54) is 0 Å². The van der Waals surface area contributed by atoms with Crippen LogP contribution in [0.15, 0.2) is 48.5 Å². The van der Waals surface area contributed by atoms with E-state index in [1.807, 2.05) is 74.4 Å². The molecular formula is C19H24N2O2. The topological polar surface area (TPSA) is 41.6 Å². The molecule has 2 rings (SSSR count). The summed E-state index contributed by atoms with van der Waals surface area (Å²) in [5, 5.41) is 2.95. The normalized spacial score (nSPS) is 11.8. The highest BCUT2D eigenvalue weighted by Gasteiger charge is 2.14. The maximum atomic E-state index is 12.3. The minimum Gasteiger partial charge on any atom is -0.378 e. The van der Waals surface area contributed by atoms with Gasteiger partial charge in [-0.25, -0.2) is 0 Å². The van der Waals surface area contributed by atoms with Gasteiger partial charge in [-0.15, -0.1) is 0 Å². The average molecular weight is 312 g/mol. The van der Waals surface area contributed by atoms with E-state index in [9.17, 15) is 4.79 Å². The minimum atomic E-state index is -0.152. The van der Waals surface area contributed by atoms with Crippen LogP contribution >= 0.6 is 0 Å². The molecule has 1 amide bonds. The zero-order chi connectivity index (χ0) is 16.8. The van der Waals surface area contributed by atoms with E-state index >= 15 is 0 Å². The molecule has 0 spiro atoms. The van der Waals surface area contributed by atoms with Gasteiger partial charge in [-0.3, -0.25) is 4.79 Å². The Morgan fingerprint density at radius 1 is 1.13 bits per heavy atom. The number of carbonyl (C=O) groups is 1. The molecule has 1 atom stereocenters. The van der Waals surface area contributed by atoms with Crippen molar-refractivity contribution in [2.45, 2.75) is 13.0 Å². The van der Waals surface area contributed by atoms with Crippen molar-refractivity contribution in [3.63, 3.8) is 0 Å². The van der Waals surface area contributed by atoms with E-state index in [-0.39, 0.29) is 12.0 Å². The van der Waals surface area contributed by atoms with Crippen molar-refractivity contribution in [1.29, 1.82) is 0 Å². The molecule has 1 N–H and O–H groups in total. The second-order valence-electron chi connectivity index (χ2n) is 5.73. The summed E-state index contributed by atoms with van der Waals surface area (Å²) in [6.45, 7) is 2.48. The molecule has 0 aromatic heterocycles. The number of nitrogens with one attached hydrogen (secondary N) is 1. The largest absolute Gasteiger partial charge is 0.378 e. The summed E-state index contributed by atoms with van der Waals surface area (Å²) in [4.78, 5) is 14.3. The predicted octanol–water partition coefficient (Wildman–Crippen LogP) is 3.18. The third-order valence-corrected chi connectivity index (χ3v) is 3.91. The molecule has 4 heteroatoms. The fourth-order valence-electron chi connectivity index (χ4n) is 2.47. The number of hydrogen-bond acceptors (Lipinski definition) is 3. The third-order valence-electron chi connectivity index (χ3n) is 3.91. The van der Waals surface area contributed by atoms with Crippen molar-refractivity contribution in [2.24, 2.45) is 0 Å². The molecule has 0 aliphatic heterocycles. The summed E-state index contributed by atoms with van der Waals surface area (Å²) in [5.41, 5.74) is 3.97. The van der Waals surface area contributed by atoms with Crippen LogP contribution in [0.1, 0.15) is 27.6 Å².